The zero-order valence-electron chi connectivity index (χ0n) is 13.8. The number of hydrogen-bond acceptors (Lipinski definition) is 2. The standard InChI is InChI=1S/C21H20N2O/c1-15-5-3-4-6-17(9-7-15)21(24)12-8-16(2)18-10-11-20-19(13-18)14-22-23-20/h5,7,9-11,13-14,17H,2-3,8,12H2,1H3,(H,22,23)/b9-7-,15-5-. The minimum absolute atomic E-state index is 0.152. The lowest BCUT2D eigenvalue weighted by Crippen LogP contribution is -2.10. The number of carbonyl (C=O) groups is 1. The average molecular weight is 316 g/mol. The number of hydrogen-bond donors (Lipinski definition) is 1. The molecular formula is C21H20N2O. The number of nitrogens with one attached hydrogen (secondary N) is 1. The van der Waals surface area contributed by atoms with Crippen LogP contribution in [0.15, 0.2) is 54.8 Å². The number of carbonyl (C=O) groups excluding carboxylic acids is 1. The lowest BCUT2D eigenvalue weighted by Gasteiger charge is -2.09. The van der Waals surface area contributed by atoms with Crippen LogP contribution >= 0.6 is 0 Å². The molecule has 1 aliphatic carbocycles. The first kappa shape index (κ1) is 16.0. The van der Waals surface area contributed by atoms with Crippen LogP contribution in [-0.2, 0) is 4.79 Å². The molecule has 1 unspecified atom stereocenters. The van der Waals surface area contributed by atoms with Gasteiger partial charge >= 0.3 is 0 Å². The van der Waals surface area contributed by atoms with E-state index in [0.717, 1.165) is 27.6 Å². The number of aromatic nitrogens is 2. The summed E-state index contributed by atoms with van der Waals surface area (Å²) in [5.74, 6) is 5.95. The molecule has 0 spiro atoms. The van der Waals surface area contributed by atoms with Crippen LogP contribution in [0.3, 0.4) is 0 Å². The summed E-state index contributed by atoms with van der Waals surface area (Å²) in [6.07, 6.45) is 9.55. The van der Waals surface area contributed by atoms with Crippen LogP contribution in [0, 0.1) is 17.8 Å². The molecule has 2 aromatic rings. The summed E-state index contributed by atoms with van der Waals surface area (Å²) in [6.45, 7) is 6.16. The number of rotatable bonds is 5. The van der Waals surface area contributed by atoms with Crippen molar-refractivity contribution >= 4 is 22.3 Å². The predicted molar refractivity (Wildman–Crippen MR) is 98.1 cm³/mol. The molecule has 0 aliphatic heterocycles. The second-order valence-corrected chi connectivity index (χ2v) is 6.05. The van der Waals surface area contributed by atoms with Crippen LogP contribution < -0.4 is 0 Å². The van der Waals surface area contributed by atoms with E-state index >= 15 is 0 Å². The summed E-state index contributed by atoms with van der Waals surface area (Å²) < 4.78 is 0. The van der Waals surface area contributed by atoms with Gasteiger partial charge in [-0.2, -0.15) is 5.10 Å². The maximum atomic E-state index is 12.4. The van der Waals surface area contributed by atoms with Crippen molar-refractivity contribution in [1.82, 2.24) is 10.2 Å². The normalized spacial score (nSPS) is 20.2. The van der Waals surface area contributed by atoms with E-state index in [2.05, 4.69) is 40.8 Å². The summed E-state index contributed by atoms with van der Waals surface area (Å²) in [5, 5.41) is 8.01. The maximum Gasteiger partial charge on any atom is 0.152 e. The van der Waals surface area contributed by atoms with Crippen molar-refractivity contribution in [1.29, 1.82) is 0 Å². The van der Waals surface area contributed by atoms with Crippen LogP contribution in [-0.4, -0.2) is 16.0 Å². The molecule has 1 aromatic heterocycles. The van der Waals surface area contributed by atoms with Crippen molar-refractivity contribution < 1.29 is 4.79 Å². The second kappa shape index (κ2) is 7.14. The zero-order chi connectivity index (χ0) is 16.9. The highest BCUT2D eigenvalue weighted by Gasteiger charge is 2.14. The van der Waals surface area contributed by atoms with Crippen molar-refractivity contribution in [3.05, 3.63) is 60.3 Å². The molecule has 24 heavy (non-hydrogen) atoms. The van der Waals surface area contributed by atoms with E-state index in [-0.39, 0.29) is 11.7 Å². The molecular weight excluding hydrogens is 296 g/mol. The SMILES string of the molecule is C=C(CCC(=O)C1C#CC/C=C(C)\C=C/1)c1ccc2[nH]ncc2c1. The predicted octanol–water partition coefficient (Wildman–Crippen LogP) is 4.45. The van der Waals surface area contributed by atoms with Crippen LogP contribution in [0.2, 0.25) is 0 Å². The van der Waals surface area contributed by atoms with Crippen LogP contribution in [0.25, 0.3) is 16.5 Å². The lowest BCUT2D eigenvalue weighted by atomic mass is 9.94. The Kier molecular flexibility index (Phi) is 4.77. The van der Waals surface area contributed by atoms with Gasteiger partial charge in [-0.25, -0.2) is 0 Å². The third kappa shape index (κ3) is 3.72. The highest BCUT2D eigenvalue weighted by Crippen LogP contribution is 2.23. The van der Waals surface area contributed by atoms with Crippen molar-refractivity contribution in [3.63, 3.8) is 0 Å². The number of aromatic amines is 1. The lowest BCUT2D eigenvalue weighted by molar-refractivity contribution is -0.120. The maximum absolute atomic E-state index is 12.4. The van der Waals surface area contributed by atoms with Crippen LogP contribution in [0.1, 0.15) is 31.7 Å². The minimum atomic E-state index is -0.308. The molecule has 1 aromatic carbocycles. The van der Waals surface area contributed by atoms with Gasteiger partial charge < -0.3 is 0 Å². The van der Waals surface area contributed by atoms with E-state index in [0.29, 0.717) is 19.3 Å². The Hall–Kier alpha value is -2.86. The molecule has 1 N–H and O–H groups in total. The molecule has 0 bridgehead atoms. The van der Waals surface area contributed by atoms with Gasteiger partial charge in [-0.05, 0) is 36.6 Å². The van der Waals surface area contributed by atoms with Gasteiger partial charge in [0.15, 0.2) is 5.78 Å². The first-order valence-electron chi connectivity index (χ1n) is 8.11. The number of allylic oxidation sites excluding steroid dienone is 5. The highest BCUT2D eigenvalue weighted by molar-refractivity contribution is 5.88. The van der Waals surface area contributed by atoms with Crippen molar-refractivity contribution in [3.8, 4) is 11.8 Å². The van der Waals surface area contributed by atoms with E-state index in [1.54, 1.807) is 6.20 Å². The molecule has 0 saturated heterocycles. The number of fused-ring (bicyclic) bond motifs is 1. The van der Waals surface area contributed by atoms with Gasteiger partial charge in [0, 0.05) is 18.2 Å². The molecule has 120 valence electrons. The first-order chi connectivity index (χ1) is 11.6. The third-order valence-electron chi connectivity index (χ3n) is 4.20. The Morgan fingerprint density at radius 2 is 2.29 bits per heavy atom. The topological polar surface area (TPSA) is 45.8 Å². The molecule has 0 saturated carbocycles. The van der Waals surface area contributed by atoms with E-state index in [1.807, 2.05) is 31.2 Å². The molecule has 0 amide bonds. The molecule has 3 nitrogen and oxygen atoms in total. The summed E-state index contributed by atoms with van der Waals surface area (Å²) in [7, 11) is 0. The average Bonchev–Trinajstić information content (AvgIpc) is 3.03. The molecule has 0 radical (unpaired) electrons. The summed E-state index contributed by atoms with van der Waals surface area (Å²) >= 11 is 0. The fourth-order valence-corrected chi connectivity index (χ4v) is 2.67. The third-order valence-corrected chi connectivity index (χ3v) is 4.20. The molecule has 1 heterocycles. The Morgan fingerprint density at radius 3 is 3.17 bits per heavy atom. The van der Waals surface area contributed by atoms with Gasteiger partial charge in [0.25, 0.3) is 0 Å². The van der Waals surface area contributed by atoms with Gasteiger partial charge in [0.2, 0.25) is 0 Å². The van der Waals surface area contributed by atoms with E-state index in [9.17, 15) is 4.79 Å². The minimum Gasteiger partial charge on any atom is -0.298 e. The number of ketones is 1. The molecule has 1 atom stereocenters. The summed E-state index contributed by atoms with van der Waals surface area (Å²) in [5.41, 5.74) is 4.17. The molecule has 3 rings (SSSR count). The fraction of sp³-hybridized carbons (Fsp3) is 0.238. The summed E-state index contributed by atoms with van der Waals surface area (Å²) in [6, 6.07) is 6.05. The van der Waals surface area contributed by atoms with Gasteiger partial charge in [0.05, 0.1) is 17.6 Å². The van der Waals surface area contributed by atoms with E-state index in [4.69, 9.17) is 0 Å². The molecule has 1 aliphatic rings. The number of nitrogens with zero attached hydrogens (tertiary/aromatic N) is 1. The van der Waals surface area contributed by atoms with Crippen molar-refractivity contribution in [2.75, 3.05) is 0 Å². The molecule has 0 fully saturated rings. The smallest absolute Gasteiger partial charge is 0.152 e. The van der Waals surface area contributed by atoms with Crippen LogP contribution in [0.5, 0.6) is 0 Å². The van der Waals surface area contributed by atoms with E-state index in [1.165, 1.54) is 0 Å². The van der Waals surface area contributed by atoms with Gasteiger partial charge in [0.1, 0.15) is 0 Å². The largest absolute Gasteiger partial charge is 0.298 e. The highest BCUT2D eigenvalue weighted by atomic mass is 16.1. The summed E-state index contributed by atoms with van der Waals surface area (Å²) in [4.78, 5) is 12.4. The fourth-order valence-electron chi connectivity index (χ4n) is 2.67. The Labute approximate surface area is 142 Å². The Morgan fingerprint density at radius 1 is 1.42 bits per heavy atom. The Balaban J connectivity index is 1.63. The van der Waals surface area contributed by atoms with Gasteiger partial charge in [-0.3, -0.25) is 9.89 Å². The zero-order valence-corrected chi connectivity index (χ0v) is 13.8. The second-order valence-electron chi connectivity index (χ2n) is 6.05. The number of H-pyrrole nitrogens is 1. The first-order valence-corrected chi connectivity index (χ1v) is 8.11. The molecule has 3 heteroatoms. The van der Waals surface area contributed by atoms with Crippen molar-refractivity contribution in [2.24, 2.45) is 5.92 Å². The Bertz CT molecular complexity index is 903. The number of benzene rings is 1. The van der Waals surface area contributed by atoms with Gasteiger partial charge in [-0.1, -0.05) is 48.3 Å². The quantitative estimate of drug-likeness (QED) is 0.828. The van der Waals surface area contributed by atoms with Gasteiger partial charge in [-0.15, -0.1) is 0 Å². The van der Waals surface area contributed by atoms with Crippen molar-refractivity contribution in [2.45, 2.75) is 26.2 Å². The van der Waals surface area contributed by atoms with E-state index < -0.39 is 0 Å². The number of Topliss-reactive ketones (excluding diaryl/α,β-unsaturated/α-hetero) is 1. The monoisotopic (exact) mass is 316 g/mol. The van der Waals surface area contributed by atoms with Crippen LogP contribution in [0.4, 0.5) is 0 Å².